The number of anilines is 1. The summed E-state index contributed by atoms with van der Waals surface area (Å²) in [6.45, 7) is 3.23. The molecule has 2 aromatic rings. The molecule has 1 aliphatic heterocycles. The molecule has 0 bridgehead atoms. The molecule has 2 N–H and O–H groups in total. The van der Waals surface area contributed by atoms with Crippen molar-refractivity contribution >= 4 is 17.6 Å². The lowest BCUT2D eigenvalue weighted by Crippen LogP contribution is -2.15. The highest BCUT2D eigenvalue weighted by Gasteiger charge is 2.19. The number of amides is 1. The predicted octanol–water partition coefficient (Wildman–Crippen LogP) is 3.45. The van der Waals surface area contributed by atoms with Crippen LogP contribution in [-0.4, -0.2) is 30.2 Å². The lowest BCUT2D eigenvalue weighted by molar-refractivity contribution is 0.0698. The van der Waals surface area contributed by atoms with Crippen LogP contribution in [0.2, 0.25) is 0 Å². The summed E-state index contributed by atoms with van der Waals surface area (Å²) < 4.78 is 5.39. The van der Waals surface area contributed by atoms with Crippen LogP contribution in [0.1, 0.15) is 44.2 Å². The van der Waals surface area contributed by atoms with E-state index in [2.05, 4.69) is 5.32 Å². The van der Waals surface area contributed by atoms with E-state index in [4.69, 9.17) is 4.74 Å². The Bertz CT molecular complexity index is 779. The Morgan fingerprint density at radius 3 is 2.75 bits per heavy atom. The van der Waals surface area contributed by atoms with E-state index in [1.54, 1.807) is 24.3 Å². The van der Waals surface area contributed by atoms with Gasteiger partial charge in [0.05, 0.1) is 17.9 Å². The van der Waals surface area contributed by atoms with Crippen molar-refractivity contribution in [2.24, 2.45) is 0 Å². The maximum Gasteiger partial charge on any atom is 0.337 e. The van der Waals surface area contributed by atoms with E-state index in [0.29, 0.717) is 23.8 Å². The van der Waals surface area contributed by atoms with Crippen molar-refractivity contribution in [1.29, 1.82) is 0 Å². The Morgan fingerprint density at radius 2 is 2.04 bits per heavy atom. The molecule has 1 unspecified atom stereocenters. The second-order valence-corrected chi connectivity index (χ2v) is 5.99. The van der Waals surface area contributed by atoms with Crippen LogP contribution in [0.15, 0.2) is 42.5 Å². The van der Waals surface area contributed by atoms with Crippen LogP contribution < -0.4 is 5.32 Å². The molecule has 1 aliphatic rings. The van der Waals surface area contributed by atoms with Crippen molar-refractivity contribution in [2.75, 3.05) is 18.5 Å². The van der Waals surface area contributed by atoms with Gasteiger partial charge in [0.25, 0.3) is 5.91 Å². The fourth-order valence-electron chi connectivity index (χ4n) is 2.87. The molecule has 1 fully saturated rings. The highest BCUT2D eigenvalue weighted by molar-refractivity contribution is 6.07. The maximum absolute atomic E-state index is 12.5. The second kappa shape index (κ2) is 6.84. The number of benzene rings is 2. The summed E-state index contributed by atoms with van der Waals surface area (Å²) in [4.78, 5) is 23.9. The largest absolute Gasteiger partial charge is 0.478 e. The molecule has 2 aromatic carbocycles. The molecule has 1 amide bonds. The van der Waals surface area contributed by atoms with Crippen molar-refractivity contribution in [3.63, 3.8) is 0 Å². The number of carbonyl (C=O) groups excluding carboxylic acids is 1. The number of rotatable bonds is 4. The van der Waals surface area contributed by atoms with Crippen molar-refractivity contribution in [1.82, 2.24) is 0 Å². The molecule has 1 heterocycles. The third-order valence-corrected chi connectivity index (χ3v) is 4.20. The van der Waals surface area contributed by atoms with Gasteiger partial charge in [0.15, 0.2) is 0 Å². The monoisotopic (exact) mass is 325 g/mol. The van der Waals surface area contributed by atoms with Crippen LogP contribution in [0.25, 0.3) is 0 Å². The van der Waals surface area contributed by atoms with Crippen molar-refractivity contribution in [3.8, 4) is 0 Å². The fourth-order valence-corrected chi connectivity index (χ4v) is 2.87. The van der Waals surface area contributed by atoms with Gasteiger partial charge in [-0.1, -0.05) is 23.8 Å². The Hall–Kier alpha value is -2.66. The summed E-state index contributed by atoms with van der Waals surface area (Å²) in [5.41, 5.74) is 2.80. The summed E-state index contributed by atoms with van der Waals surface area (Å²) in [6.07, 6.45) is 0.951. The van der Waals surface area contributed by atoms with E-state index in [0.717, 1.165) is 24.2 Å². The Labute approximate surface area is 140 Å². The van der Waals surface area contributed by atoms with Gasteiger partial charge in [-0.05, 0) is 43.2 Å². The van der Waals surface area contributed by atoms with E-state index in [1.807, 2.05) is 25.1 Å². The lowest BCUT2D eigenvalue weighted by Gasteiger charge is -2.12. The van der Waals surface area contributed by atoms with E-state index in [1.165, 1.54) is 0 Å². The zero-order chi connectivity index (χ0) is 17.1. The van der Waals surface area contributed by atoms with Gasteiger partial charge in [-0.2, -0.15) is 0 Å². The molecule has 0 spiro atoms. The Kier molecular flexibility index (Phi) is 4.62. The molecular weight excluding hydrogens is 306 g/mol. The van der Waals surface area contributed by atoms with Gasteiger partial charge < -0.3 is 15.2 Å². The smallest absolute Gasteiger partial charge is 0.337 e. The van der Waals surface area contributed by atoms with Crippen LogP contribution in [0, 0.1) is 6.92 Å². The number of aryl methyl sites for hydroxylation is 1. The Balaban J connectivity index is 1.83. The molecule has 24 heavy (non-hydrogen) atoms. The summed E-state index contributed by atoms with van der Waals surface area (Å²) in [5, 5.41) is 12.0. The van der Waals surface area contributed by atoms with Crippen LogP contribution in [0.3, 0.4) is 0 Å². The molecular formula is C19H19NO4. The summed E-state index contributed by atoms with van der Waals surface area (Å²) in [5.74, 6) is -1.07. The van der Waals surface area contributed by atoms with Gasteiger partial charge in [0, 0.05) is 18.1 Å². The SMILES string of the molecule is Cc1ccc(NC(=O)c2cccc(C3CCOC3)c2)c(C(=O)O)c1. The van der Waals surface area contributed by atoms with Crippen molar-refractivity contribution < 1.29 is 19.4 Å². The first-order valence-corrected chi connectivity index (χ1v) is 7.87. The molecule has 0 aliphatic carbocycles. The number of hydrogen-bond acceptors (Lipinski definition) is 3. The van der Waals surface area contributed by atoms with Gasteiger partial charge >= 0.3 is 5.97 Å². The van der Waals surface area contributed by atoms with Crippen LogP contribution in [-0.2, 0) is 4.74 Å². The minimum atomic E-state index is -1.06. The summed E-state index contributed by atoms with van der Waals surface area (Å²) in [6, 6.07) is 12.3. The highest BCUT2D eigenvalue weighted by atomic mass is 16.5. The molecule has 0 saturated carbocycles. The quantitative estimate of drug-likeness (QED) is 0.903. The van der Waals surface area contributed by atoms with E-state index in [-0.39, 0.29) is 11.5 Å². The number of aromatic carboxylic acids is 1. The number of carbonyl (C=O) groups is 2. The number of carboxylic acid groups (broad SMARTS) is 1. The van der Waals surface area contributed by atoms with Crippen molar-refractivity contribution in [3.05, 3.63) is 64.7 Å². The second-order valence-electron chi connectivity index (χ2n) is 5.99. The predicted molar refractivity (Wildman–Crippen MR) is 90.7 cm³/mol. The summed E-state index contributed by atoms with van der Waals surface area (Å²) >= 11 is 0. The minimum absolute atomic E-state index is 0.0868. The Morgan fingerprint density at radius 1 is 1.21 bits per heavy atom. The zero-order valence-corrected chi connectivity index (χ0v) is 13.4. The minimum Gasteiger partial charge on any atom is -0.478 e. The van der Waals surface area contributed by atoms with Gasteiger partial charge in [-0.25, -0.2) is 4.79 Å². The molecule has 1 atom stereocenters. The van der Waals surface area contributed by atoms with E-state index >= 15 is 0 Å². The van der Waals surface area contributed by atoms with Crippen LogP contribution in [0.5, 0.6) is 0 Å². The third kappa shape index (κ3) is 3.46. The average molecular weight is 325 g/mol. The normalized spacial score (nSPS) is 16.8. The van der Waals surface area contributed by atoms with E-state index < -0.39 is 5.97 Å². The molecule has 0 aromatic heterocycles. The fraction of sp³-hybridized carbons (Fsp3) is 0.263. The number of carboxylic acids is 1. The number of nitrogens with one attached hydrogen (secondary N) is 1. The van der Waals surface area contributed by atoms with Gasteiger partial charge in [-0.3, -0.25) is 4.79 Å². The molecule has 1 saturated heterocycles. The van der Waals surface area contributed by atoms with Gasteiger partial charge in [0.2, 0.25) is 0 Å². The highest BCUT2D eigenvalue weighted by Crippen LogP contribution is 2.26. The summed E-state index contributed by atoms with van der Waals surface area (Å²) in [7, 11) is 0. The van der Waals surface area contributed by atoms with Gasteiger partial charge in [0.1, 0.15) is 0 Å². The first-order chi connectivity index (χ1) is 11.5. The molecule has 3 rings (SSSR count). The average Bonchev–Trinajstić information content (AvgIpc) is 3.11. The lowest BCUT2D eigenvalue weighted by atomic mass is 9.96. The third-order valence-electron chi connectivity index (χ3n) is 4.20. The van der Waals surface area contributed by atoms with Crippen LogP contribution >= 0.6 is 0 Å². The molecule has 5 nitrogen and oxygen atoms in total. The van der Waals surface area contributed by atoms with Gasteiger partial charge in [-0.15, -0.1) is 0 Å². The number of ether oxygens (including phenoxy) is 1. The molecule has 5 heteroatoms. The first-order valence-electron chi connectivity index (χ1n) is 7.87. The van der Waals surface area contributed by atoms with Crippen molar-refractivity contribution in [2.45, 2.75) is 19.3 Å². The first kappa shape index (κ1) is 16.2. The molecule has 124 valence electrons. The number of hydrogen-bond donors (Lipinski definition) is 2. The van der Waals surface area contributed by atoms with E-state index in [9.17, 15) is 14.7 Å². The topological polar surface area (TPSA) is 75.6 Å². The zero-order valence-electron chi connectivity index (χ0n) is 13.4. The van der Waals surface area contributed by atoms with Crippen LogP contribution in [0.4, 0.5) is 5.69 Å². The maximum atomic E-state index is 12.5. The molecule has 0 radical (unpaired) electrons. The standard InChI is InChI=1S/C19H19NO4/c1-12-5-6-17(16(9-12)19(22)23)20-18(21)14-4-2-3-13(10-14)15-7-8-24-11-15/h2-6,9-10,15H,7-8,11H2,1H3,(H,20,21)(H,22,23).